The van der Waals surface area contributed by atoms with E-state index < -0.39 is 18.2 Å². The molecule has 2 fully saturated rings. The standard InChI is InChI=1S/C26H43ClN4O3SSi/c1-7-35(32,33)17-20-10-13-30(16-20)24-21-15-28-23(27)14-22(21)31(29-24)18-26(11-8-9-12-26)19-34-36(5,6)25(2,3)4/h14-15,20H,7-13,16-19H2,1-6H3/t20-/m1/s1. The Morgan fingerprint density at radius 3 is 2.58 bits per heavy atom. The van der Waals surface area contributed by atoms with Gasteiger partial charge in [-0.3, -0.25) is 4.68 Å². The van der Waals surface area contributed by atoms with Gasteiger partial charge in [-0.25, -0.2) is 13.4 Å². The lowest BCUT2D eigenvalue weighted by Crippen LogP contribution is -2.44. The third-order valence-corrected chi connectivity index (χ3v) is 15.3. The highest BCUT2D eigenvalue weighted by atomic mass is 35.5. The molecule has 0 bridgehead atoms. The van der Waals surface area contributed by atoms with Gasteiger partial charge in [0.15, 0.2) is 14.1 Å². The fourth-order valence-electron chi connectivity index (χ4n) is 5.36. The summed E-state index contributed by atoms with van der Waals surface area (Å²) >= 11 is 6.34. The third-order valence-electron chi connectivity index (χ3n) is 8.79. The molecular formula is C26H43ClN4O3SSi. The zero-order valence-corrected chi connectivity index (χ0v) is 25.4. The number of fused-ring (bicyclic) bond motifs is 1. The van der Waals surface area contributed by atoms with Gasteiger partial charge in [-0.05, 0) is 43.3 Å². The number of hydrogen-bond acceptors (Lipinski definition) is 6. The number of anilines is 1. The van der Waals surface area contributed by atoms with Gasteiger partial charge in [-0.2, -0.15) is 5.10 Å². The first-order valence-corrected chi connectivity index (χ1v) is 18.5. The molecule has 0 radical (unpaired) electrons. The molecule has 0 amide bonds. The van der Waals surface area contributed by atoms with Crippen molar-refractivity contribution in [3.8, 4) is 0 Å². The van der Waals surface area contributed by atoms with Crippen LogP contribution in [0.4, 0.5) is 5.82 Å². The van der Waals surface area contributed by atoms with Crippen molar-refractivity contribution in [2.24, 2.45) is 11.3 Å². The van der Waals surface area contributed by atoms with E-state index in [4.69, 9.17) is 21.1 Å². The second-order valence-corrected chi connectivity index (χ2v) is 20.2. The Kier molecular flexibility index (Phi) is 7.89. The molecule has 0 N–H and O–H groups in total. The van der Waals surface area contributed by atoms with Crippen LogP contribution in [0, 0.1) is 11.3 Å². The van der Waals surface area contributed by atoms with Crippen LogP contribution in [0.15, 0.2) is 12.3 Å². The van der Waals surface area contributed by atoms with E-state index in [2.05, 4.69) is 48.4 Å². The second kappa shape index (κ2) is 10.2. The summed E-state index contributed by atoms with van der Waals surface area (Å²) in [6.45, 7) is 16.3. The number of pyridine rings is 1. The molecule has 2 aromatic rings. The number of rotatable bonds is 9. The molecular weight excluding hydrogens is 512 g/mol. The summed E-state index contributed by atoms with van der Waals surface area (Å²) in [6, 6.07) is 1.92. The summed E-state index contributed by atoms with van der Waals surface area (Å²) in [5.41, 5.74) is 1.05. The van der Waals surface area contributed by atoms with Crippen LogP contribution < -0.4 is 4.90 Å². The highest BCUT2D eigenvalue weighted by Gasteiger charge is 2.42. The number of aromatic nitrogens is 3. The van der Waals surface area contributed by atoms with Gasteiger partial charge in [0.1, 0.15) is 15.0 Å². The lowest BCUT2D eigenvalue weighted by atomic mass is 9.87. The van der Waals surface area contributed by atoms with E-state index in [1.54, 1.807) is 6.92 Å². The van der Waals surface area contributed by atoms with Crippen molar-refractivity contribution in [2.45, 2.75) is 84.5 Å². The SMILES string of the molecule is CCS(=O)(=O)C[C@@H]1CCN(c2nn(CC3(CO[Si](C)(C)C(C)(C)C)CCCC3)c3cc(Cl)ncc23)C1. The molecule has 10 heteroatoms. The highest BCUT2D eigenvalue weighted by molar-refractivity contribution is 7.91. The Labute approximate surface area is 223 Å². The molecule has 0 spiro atoms. The molecule has 2 aliphatic rings. The Morgan fingerprint density at radius 1 is 1.25 bits per heavy atom. The molecule has 36 heavy (non-hydrogen) atoms. The average molecular weight is 555 g/mol. The molecule has 0 unspecified atom stereocenters. The zero-order chi connectivity index (χ0) is 26.4. The van der Waals surface area contributed by atoms with Gasteiger partial charge in [0.05, 0.1) is 16.7 Å². The van der Waals surface area contributed by atoms with E-state index in [0.29, 0.717) is 11.7 Å². The smallest absolute Gasteiger partial charge is 0.192 e. The fourth-order valence-corrected chi connectivity index (χ4v) is 7.84. The first-order chi connectivity index (χ1) is 16.7. The number of sulfone groups is 1. The van der Waals surface area contributed by atoms with Crippen molar-refractivity contribution in [3.63, 3.8) is 0 Å². The van der Waals surface area contributed by atoms with Gasteiger partial charge in [-0.1, -0.05) is 52.1 Å². The largest absolute Gasteiger partial charge is 0.416 e. The molecule has 1 saturated carbocycles. The Balaban J connectivity index is 1.61. The van der Waals surface area contributed by atoms with E-state index in [9.17, 15) is 8.42 Å². The minimum absolute atomic E-state index is 0.0598. The van der Waals surface area contributed by atoms with E-state index in [0.717, 1.165) is 55.7 Å². The van der Waals surface area contributed by atoms with Crippen LogP contribution in [0.1, 0.15) is 59.8 Å². The van der Waals surface area contributed by atoms with Crippen LogP contribution in [0.25, 0.3) is 10.9 Å². The molecule has 0 aromatic carbocycles. The lowest BCUT2D eigenvalue weighted by molar-refractivity contribution is 0.114. The van der Waals surface area contributed by atoms with E-state index in [-0.39, 0.29) is 27.9 Å². The average Bonchev–Trinajstić information content (AvgIpc) is 3.52. The highest BCUT2D eigenvalue weighted by Crippen LogP contribution is 2.44. The molecule has 3 heterocycles. The summed E-state index contributed by atoms with van der Waals surface area (Å²) in [4.78, 5) is 6.59. The van der Waals surface area contributed by atoms with E-state index in [1.807, 2.05) is 12.3 Å². The molecule has 4 rings (SSSR count). The van der Waals surface area contributed by atoms with Gasteiger partial charge >= 0.3 is 0 Å². The number of nitrogens with zero attached hydrogens (tertiary/aromatic N) is 4. The van der Waals surface area contributed by atoms with Gasteiger partial charge in [0.25, 0.3) is 0 Å². The normalized spacial score (nSPS) is 21.1. The van der Waals surface area contributed by atoms with Crippen LogP contribution in [-0.4, -0.2) is 62.7 Å². The quantitative estimate of drug-likeness (QED) is 0.282. The summed E-state index contributed by atoms with van der Waals surface area (Å²) in [7, 11) is -4.86. The zero-order valence-electron chi connectivity index (χ0n) is 22.8. The van der Waals surface area contributed by atoms with Crippen molar-refractivity contribution in [2.75, 3.05) is 36.1 Å². The van der Waals surface area contributed by atoms with Gasteiger partial charge in [0.2, 0.25) is 0 Å². The van der Waals surface area contributed by atoms with Crippen molar-refractivity contribution in [1.82, 2.24) is 14.8 Å². The molecule has 1 aliphatic carbocycles. The summed E-state index contributed by atoms with van der Waals surface area (Å²) < 4.78 is 33.3. The minimum atomic E-state index is -3.00. The summed E-state index contributed by atoms with van der Waals surface area (Å²) in [5, 5.41) is 6.73. The van der Waals surface area contributed by atoms with Crippen molar-refractivity contribution in [1.29, 1.82) is 0 Å². The molecule has 7 nitrogen and oxygen atoms in total. The van der Waals surface area contributed by atoms with Crippen molar-refractivity contribution < 1.29 is 12.8 Å². The van der Waals surface area contributed by atoms with Gasteiger partial charge in [-0.15, -0.1) is 0 Å². The second-order valence-electron chi connectivity index (χ2n) is 12.6. The molecule has 1 aliphatic heterocycles. The first-order valence-electron chi connectivity index (χ1n) is 13.4. The van der Waals surface area contributed by atoms with Crippen LogP contribution >= 0.6 is 11.6 Å². The Hall–Kier alpha value is -1.16. The predicted molar refractivity (Wildman–Crippen MR) is 151 cm³/mol. The Bertz CT molecular complexity index is 1190. The number of hydrogen-bond donors (Lipinski definition) is 0. The monoisotopic (exact) mass is 554 g/mol. The van der Waals surface area contributed by atoms with E-state index >= 15 is 0 Å². The molecule has 202 valence electrons. The van der Waals surface area contributed by atoms with Gasteiger partial charge in [0, 0.05) is 49.7 Å². The maximum absolute atomic E-state index is 12.2. The topological polar surface area (TPSA) is 77.3 Å². The van der Waals surface area contributed by atoms with Crippen LogP contribution in [0.5, 0.6) is 0 Å². The maximum atomic E-state index is 12.2. The molecule has 1 saturated heterocycles. The maximum Gasteiger partial charge on any atom is 0.192 e. The van der Waals surface area contributed by atoms with E-state index in [1.165, 1.54) is 12.8 Å². The fraction of sp³-hybridized carbons (Fsp3) is 0.769. The lowest BCUT2D eigenvalue weighted by Gasteiger charge is -2.40. The first kappa shape index (κ1) is 27.9. The van der Waals surface area contributed by atoms with Crippen LogP contribution in [0.3, 0.4) is 0 Å². The third kappa shape index (κ3) is 5.94. The van der Waals surface area contributed by atoms with Crippen LogP contribution in [0.2, 0.25) is 23.3 Å². The van der Waals surface area contributed by atoms with Crippen LogP contribution in [-0.2, 0) is 20.8 Å². The number of halogens is 1. The Morgan fingerprint density at radius 2 is 1.94 bits per heavy atom. The minimum Gasteiger partial charge on any atom is -0.416 e. The van der Waals surface area contributed by atoms with Gasteiger partial charge < -0.3 is 9.33 Å². The summed E-state index contributed by atoms with van der Waals surface area (Å²) in [6.07, 6.45) is 7.39. The molecule has 1 atom stereocenters. The van der Waals surface area contributed by atoms with Crippen molar-refractivity contribution in [3.05, 3.63) is 17.4 Å². The molecule has 2 aromatic heterocycles. The predicted octanol–water partition coefficient (Wildman–Crippen LogP) is 5.93. The van der Waals surface area contributed by atoms with Crippen molar-refractivity contribution >= 4 is 46.5 Å². The summed E-state index contributed by atoms with van der Waals surface area (Å²) in [5.74, 6) is 1.47.